The van der Waals surface area contributed by atoms with Gasteiger partial charge in [0.15, 0.2) is 0 Å². The van der Waals surface area contributed by atoms with Crippen LogP contribution >= 0.6 is 0 Å². The highest BCUT2D eigenvalue weighted by Crippen LogP contribution is 2.11. The molecule has 2 aromatic rings. The number of carbonyl (C=O) groups excluding carboxylic acids is 1. The summed E-state index contributed by atoms with van der Waals surface area (Å²) in [4.78, 5) is 20.1. The lowest BCUT2D eigenvalue weighted by Gasteiger charge is -2.19. The molecule has 6 nitrogen and oxygen atoms in total. The lowest BCUT2D eigenvalue weighted by atomic mass is 10.2. The Morgan fingerprint density at radius 1 is 1.17 bits per heavy atom. The van der Waals surface area contributed by atoms with E-state index in [-0.39, 0.29) is 11.5 Å². The minimum Gasteiger partial charge on any atom is -0.475 e. The molecule has 0 fully saturated rings. The molecule has 122 valence electrons. The minimum absolute atomic E-state index is 0.189. The molecule has 0 aliphatic heterocycles. The molecule has 0 saturated carbocycles. The van der Waals surface area contributed by atoms with Crippen LogP contribution in [-0.4, -0.2) is 34.7 Å². The Morgan fingerprint density at radius 2 is 2.00 bits per heavy atom. The number of nitrogens with zero attached hydrogens (tertiary/aromatic N) is 2. The number of pyridine rings is 2. The zero-order valence-corrected chi connectivity index (χ0v) is 13.6. The molecule has 0 spiro atoms. The van der Waals surface area contributed by atoms with Gasteiger partial charge in [0, 0.05) is 18.5 Å². The van der Waals surface area contributed by atoms with Crippen molar-refractivity contribution in [2.45, 2.75) is 26.4 Å². The summed E-state index contributed by atoms with van der Waals surface area (Å²) in [5.74, 6) is 0.216. The number of ether oxygens (including phenoxy) is 2. The molecule has 0 radical (unpaired) electrons. The Bertz CT molecular complexity index is 622. The summed E-state index contributed by atoms with van der Waals surface area (Å²) in [7, 11) is 0. The Balaban J connectivity index is 1.83. The predicted molar refractivity (Wildman–Crippen MR) is 87.6 cm³/mol. The van der Waals surface area contributed by atoms with E-state index in [1.54, 1.807) is 36.7 Å². The zero-order chi connectivity index (χ0) is 16.7. The Hall–Kier alpha value is -2.47. The van der Waals surface area contributed by atoms with Gasteiger partial charge in [-0.1, -0.05) is 0 Å². The van der Waals surface area contributed by atoms with E-state index in [9.17, 15) is 4.79 Å². The number of hydrogen-bond acceptors (Lipinski definition) is 5. The van der Waals surface area contributed by atoms with Crippen LogP contribution in [0.5, 0.6) is 5.88 Å². The van der Waals surface area contributed by atoms with Crippen LogP contribution < -0.4 is 10.1 Å². The molecule has 2 heterocycles. The number of carbonyl (C=O) groups is 1. The van der Waals surface area contributed by atoms with Gasteiger partial charge in [-0.15, -0.1) is 0 Å². The van der Waals surface area contributed by atoms with Gasteiger partial charge in [0.2, 0.25) is 5.88 Å². The summed E-state index contributed by atoms with van der Waals surface area (Å²) in [6, 6.07) is 6.85. The van der Waals surface area contributed by atoms with Gasteiger partial charge in [0.05, 0.1) is 29.7 Å². The molecule has 0 bridgehead atoms. The highest BCUT2D eigenvalue weighted by molar-refractivity contribution is 6.03. The van der Waals surface area contributed by atoms with Crippen LogP contribution in [-0.2, 0) is 4.74 Å². The molecule has 0 atom stereocenters. The molecule has 0 aliphatic rings. The van der Waals surface area contributed by atoms with Crippen molar-refractivity contribution in [3.8, 4) is 5.88 Å². The fraction of sp³-hybridized carbons (Fsp3) is 0.353. The van der Waals surface area contributed by atoms with Gasteiger partial charge >= 0.3 is 0 Å². The number of nitrogens with one attached hydrogen (secondary N) is 1. The van der Waals surface area contributed by atoms with Gasteiger partial charge in [-0.05, 0) is 39.0 Å². The average molecular weight is 315 g/mol. The topological polar surface area (TPSA) is 73.3 Å². The van der Waals surface area contributed by atoms with Crippen molar-refractivity contribution in [2.24, 2.45) is 0 Å². The molecular weight excluding hydrogens is 294 g/mol. The van der Waals surface area contributed by atoms with E-state index >= 15 is 0 Å². The second-order valence-corrected chi connectivity index (χ2v) is 5.89. The van der Waals surface area contributed by atoms with Crippen LogP contribution in [0.2, 0.25) is 0 Å². The van der Waals surface area contributed by atoms with Crippen LogP contribution in [0.4, 0.5) is 5.69 Å². The maximum atomic E-state index is 12.1. The fourth-order valence-corrected chi connectivity index (χ4v) is 1.73. The van der Waals surface area contributed by atoms with Gasteiger partial charge in [-0.2, -0.15) is 0 Å². The van der Waals surface area contributed by atoms with Crippen LogP contribution in [0.25, 0.3) is 0 Å². The first-order valence-electron chi connectivity index (χ1n) is 7.38. The number of aromatic nitrogens is 2. The van der Waals surface area contributed by atoms with E-state index in [4.69, 9.17) is 9.47 Å². The van der Waals surface area contributed by atoms with Crippen molar-refractivity contribution in [2.75, 3.05) is 18.5 Å². The molecule has 0 aromatic carbocycles. The maximum absolute atomic E-state index is 12.1. The van der Waals surface area contributed by atoms with Gasteiger partial charge in [-0.3, -0.25) is 9.78 Å². The van der Waals surface area contributed by atoms with E-state index in [0.717, 1.165) is 0 Å². The largest absolute Gasteiger partial charge is 0.475 e. The maximum Gasteiger partial charge on any atom is 0.257 e. The zero-order valence-electron chi connectivity index (χ0n) is 13.6. The molecule has 6 heteroatoms. The van der Waals surface area contributed by atoms with E-state index < -0.39 is 0 Å². The smallest absolute Gasteiger partial charge is 0.257 e. The van der Waals surface area contributed by atoms with E-state index in [2.05, 4.69) is 15.3 Å². The highest BCUT2D eigenvalue weighted by Gasteiger charge is 2.10. The third-order valence-corrected chi connectivity index (χ3v) is 2.79. The summed E-state index contributed by atoms with van der Waals surface area (Å²) in [6.45, 7) is 6.85. The van der Waals surface area contributed by atoms with Crippen molar-refractivity contribution < 1.29 is 14.3 Å². The SMILES string of the molecule is CC(C)(C)OCCOc1ccc(C(=O)Nc2cccnc2)cn1. The number of amides is 1. The van der Waals surface area contributed by atoms with Crippen LogP contribution in [0, 0.1) is 0 Å². The summed E-state index contributed by atoms with van der Waals surface area (Å²) in [5.41, 5.74) is 0.898. The Morgan fingerprint density at radius 3 is 2.61 bits per heavy atom. The molecule has 2 aromatic heterocycles. The summed E-state index contributed by atoms with van der Waals surface area (Å²) in [5, 5.41) is 2.74. The second kappa shape index (κ2) is 7.69. The van der Waals surface area contributed by atoms with Gasteiger partial charge in [-0.25, -0.2) is 4.98 Å². The lowest BCUT2D eigenvalue weighted by Crippen LogP contribution is -2.22. The molecule has 23 heavy (non-hydrogen) atoms. The van der Waals surface area contributed by atoms with Crippen LogP contribution in [0.15, 0.2) is 42.9 Å². The minimum atomic E-state index is -0.242. The molecular formula is C17H21N3O3. The second-order valence-electron chi connectivity index (χ2n) is 5.89. The molecule has 0 unspecified atom stereocenters. The van der Waals surface area contributed by atoms with Gasteiger partial charge in [0.25, 0.3) is 5.91 Å². The van der Waals surface area contributed by atoms with Gasteiger partial charge < -0.3 is 14.8 Å². The number of hydrogen-bond donors (Lipinski definition) is 1. The third-order valence-electron chi connectivity index (χ3n) is 2.79. The van der Waals surface area contributed by atoms with E-state index in [1.807, 2.05) is 20.8 Å². The van der Waals surface area contributed by atoms with Crippen LogP contribution in [0.1, 0.15) is 31.1 Å². The number of anilines is 1. The third kappa shape index (κ3) is 6.04. The summed E-state index contributed by atoms with van der Waals surface area (Å²) in [6.07, 6.45) is 4.70. The normalized spacial score (nSPS) is 11.1. The highest BCUT2D eigenvalue weighted by atomic mass is 16.5. The van der Waals surface area contributed by atoms with Crippen LogP contribution in [0.3, 0.4) is 0 Å². The van der Waals surface area contributed by atoms with E-state index in [0.29, 0.717) is 30.3 Å². The van der Waals surface area contributed by atoms with Crippen molar-refractivity contribution in [3.05, 3.63) is 48.4 Å². The predicted octanol–water partition coefficient (Wildman–Crippen LogP) is 2.92. The fourth-order valence-electron chi connectivity index (χ4n) is 1.73. The van der Waals surface area contributed by atoms with Crippen molar-refractivity contribution in [3.63, 3.8) is 0 Å². The number of rotatable bonds is 6. The first kappa shape index (κ1) is 16.9. The standard InChI is InChI=1S/C17H21N3O3/c1-17(2,3)23-10-9-22-15-7-6-13(11-19-15)16(21)20-14-5-4-8-18-12-14/h4-8,11-12H,9-10H2,1-3H3,(H,20,21). The summed E-state index contributed by atoms with van der Waals surface area (Å²) < 4.78 is 11.0. The quantitative estimate of drug-likeness (QED) is 0.830. The first-order chi connectivity index (χ1) is 10.9. The average Bonchev–Trinajstić information content (AvgIpc) is 2.52. The Kier molecular flexibility index (Phi) is 5.65. The summed E-state index contributed by atoms with van der Waals surface area (Å²) >= 11 is 0. The first-order valence-corrected chi connectivity index (χ1v) is 7.38. The van der Waals surface area contributed by atoms with E-state index in [1.165, 1.54) is 6.20 Å². The molecule has 0 saturated heterocycles. The molecule has 1 amide bonds. The van der Waals surface area contributed by atoms with Crippen molar-refractivity contribution >= 4 is 11.6 Å². The Labute approximate surface area is 135 Å². The van der Waals surface area contributed by atoms with Crippen molar-refractivity contribution in [1.29, 1.82) is 0 Å². The molecule has 1 N–H and O–H groups in total. The van der Waals surface area contributed by atoms with Crippen molar-refractivity contribution in [1.82, 2.24) is 9.97 Å². The lowest BCUT2D eigenvalue weighted by molar-refractivity contribution is -0.0168. The molecule has 2 rings (SSSR count). The van der Waals surface area contributed by atoms with Gasteiger partial charge in [0.1, 0.15) is 6.61 Å². The monoisotopic (exact) mass is 315 g/mol. The molecule has 0 aliphatic carbocycles.